The highest BCUT2D eigenvalue weighted by molar-refractivity contribution is 6.00. The van der Waals surface area contributed by atoms with E-state index in [0.717, 1.165) is 11.9 Å². The number of hydrogen-bond donors (Lipinski definition) is 1. The van der Waals surface area contributed by atoms with Gasteiger partial charge in [0.25, 0.3) is 0 Å². The zero-order valence-corrected chi connectivity index (χ0v) is 10.9. The number of rotatable bonds is 2. The predicted octanol–water partition coefficient (Wildman–Crippen LogP) is 2.88. The number of aromatic carboxylic acids is 1. The van der Waals surface area contributed by atoms with Crippen molar-refractivity contribution in [1.29, 1.82) is 0 Å². The molecule has 5 heteroatoms. The molecule has 1 aliphatic rings. The third-order valence-corrected chi connectivity index (χ3v) is 4.11. The number of benzene rings is 1. The lowest BCUT2D eigenvalue weighted by Crippen LogP contribution is -2.22. The number of fused-ring (bicyclic) bond motifs is 1. The Morgan fingerprint density at radius 3 is 2.89 bits per heavy atom. The van der Waals surface area contributed by atoms with Crippen LogP contribution in [0.3, 0.4) is 0 Å². The molecule has 19 heavy (non-hydrogen) atoms. The average molecular weight is 259 g/mol. The maximum atomic E-state index is 11.2. The highest BCUT2D eigenvalue weighted by atomic mass is 16.4. The van der Waals surface area contributed by atoms with Gasteiger partial charge in [-0.3, -0.25) is 0 Å². The van der Waals surface area contributed by atoms with Gasteiger partial charge in [0.15, 0.2) is 0 Å². The zero-order chi connectivity index (χ0) is 13.4. The van der Waals surface area contributed by atoms with Crippen molar-refractivity contribution in [2.45, 2.75) is 38.6 Å². The molecule has 0 bridgehead atoms. The highest BCUT2D eigenvalue weighted by Crippen LogP contribution is 2.34. The Morgan fingerprint density at radius 1 is 1.37 bits per heavy atom. The summed E-state index contributed by atoms with van der Waals surface area (Å²) < 4.78 is 1.92. The second-order valence-electron chi connectivity index (χ2n) is 5.34. The Hall–Kier alpha value is -1.91. The van der Waals surface area contributed by atoms with Crippen molar-refractivity contribution in [2.75, 3.05) is 0 Å². The van der Waals surface area contributed by atoms with Crippen molar-refractivity contribution >= 4 is 17.0 Å². The molecule has 0 aliphatic heterocycles. The molecule has 2 aromatic rings. The second kappa shape index (κ2) is 4.64. The third kappa shape index (κ3) is 1.99. The summed E-state index contributed by atoms with van der Waals surface area (Å²) in [6.07, 6.45) is 4.77. The van der Waals surface area contributed by atoms with E-state index in [1.54, 1.807) is 12.1 Å². The molecule has 1 fully saturated rings. The summed E-state index contributed by atoms with van der Waals surface area (Å²) in [6, 6.07) is 5.58. The molecule has 2 unspecified atom stereocenters. The zero-order valence-electron chi connectivity index (χ0n) is 10.9. The van der Waals surface area contributed by atoms with Crippen LogP contribution in [0.4, 0.5) is 0 Å². The monoisotopic (exact) mass is 259 g/mol. The minimum Gasteiger partial charge on any atom is -0.478 e. The van der Waals surface area contributed by atoms with Crippen LogP contribution < -0.4 is 0 Å². The Kier molecular flexibility index (Phi) is 2.97. The van der Waals surface area contributed by atoms with Crippen LogP contribution in [0.25, 0.3) is 11.0 Å². The smallest absolute Gasteiger partial charge is 0.338 e. The molecule has 0 saturated heterocycles. The molecule has 1 heterocycles. The molecular weight excluding hydrogens is 242 g/mol. The number of carboxylic acid groups (broad SMARTS) is 1. The van der Waals surface area contributed by atoms with Crippen LogP contribution in [0, 0.1) is 5.92 Å². The van der Waals surface area contributed by atoms with Crippen molar-refractivity contribution in [2.24, 2.45) is 5.92 Å². The summed E-state index contributed by atoms with van der Waals surface area (Å²) in [5.41, 5.74) is 1.55. The van der Waals surface area contributed by atoms with Gasteiger partial charge in [0.05, 0.1) is 17.1 Å². The Bertz CT molecular complexity index is 620. The van der Waals surface area contributed by atoms with E-state index >= 15 is 0 Å². The lowest BCUT2D eigenvalue weighted by Gasteiger charge is -2.28. The fourth-order valence-corrected chi connectivity index (χ4v) is 3.04. The first-order valence-electron chi connectivity index (χ1n) is 6.75. The molecule has 1 aliphatic carbocycles. The Morgan fingerprint density at radius 2 is 2.16 bits per heavy atom. The number of carboxylic acids is 1. The summed E-state index contributed by atoms with van der Waals surface area (Å²) in [6.45, 7) is 2.23. The van der Waals surface area contributed by atoms with Gasteiger partial charge in [0.1, 0.15) is 5.52 Å². The van der Waals surface area contributed by atoms with E-state index in [1.165, 1.54) is 19.3 Å². The Balaban J connectivity index is 2.10. The largest absolute Gasteiger partial charge is 0.478 e. The van der Waals surface area contributed by atoms with Crippen molar-refractivity contribution in [3.05, 3.63) is 23.8 Å². The van der Waals surface area contributed by atoms with Gasteiger partial charge in [-0.05, 0) is 30.9 Å². The first-order chi connectivity index (χ1) is 9.18. The van der Waals surface area contributed by atoms with Gasteiger partial charge in [0.2, 0.25) is 0 Å². The topological polar surface area (TPSA) is 68.0 Å². The van der Waals surface area contributed by atoms with Gasteiger partial charge in [-0.1, -0.05) is 31.0 Å². The number of nitrogens with zero attached hydrogens (tertiary/aromatic N) is 3. The predicted molar refractivity (Wildman–Crippen MR) is 71.2 cm³/mol. The van der Waals surface area contributed by atoms with E-state index < -0.39 is 5.97 Å². The third-order valence-electron chi connectivity index (χ3n) is 4.11. The van der Waals surface area contributed by atoms with Crippen molar-refractivity contribution in [3.63, 3.8) is 0 Å². The molecule has 0 radical (unpaired) electrons. The van der Waals surface area contributed by atoms with E-state index in [9.17, 15) is 9.90 Å². The average Bonchev–Trinajstić information content (AvgIpc) is 2.82. The highest BCUT2D eigenvalue weighted by Gasteiger charge is 2.26. The molecule has 1 N–H and O–H groups in total. The van der Waals surface area contributed by atoms with Crippen molar-refractivity contribution in [3.8, 4) is 0 Å². The van der Waals surface area contributed by atoms with E-state index in [-0.39, 0.29) is 5.56 Å². The van der Waals surface area contributed by atoms with Crippen LogP contribution in [0.5, 0.6) is 0 Å². The maximum Gasteiger partial charge on any atom is 0.338 e. The summed E-state index contributed by atoms with van der Waals surface area (Å²) in [4.78, 5) is 11.2. The molecule has 5 nitrogen and oxygen atoms in total. The van der Waals surface area contributed by atoms with Crippen LogP contribution in [0.1, 0.15) is 49.0 Å². The SMILES string of the molecule is CC1CCCCC1n1nnc2c(C(=O)O)cccc21. The Labute approximate surface area is 111 Å². The minimum atomic E-state index is -0.950. The van der Waals surface area contributed by atoms with Crippen LogP contribution in [-0.2, 0) is 0 Å². The first-order valence-corrected chi connectivity index (χ1v) is 6.75. The first kappa shape index (κ1) is 12.1. The van der Waals surface area contributed by atoms with Crippen LogP contribution in [0.15, 0.2) is 18.2 Å². The number of hydrogen-bond acceptors (Lipinski definition) is 3. The molecule has 100 valence electrons. The number of carbonyl (C=O) groups is 1. The summed E-state index contributed by atoms with van der Waals surface area (Å²) >= 11 is 0. The summed E-state index contributed by atoms with van der Waals surface area (Å²) in [7, 11) is 0. The van der Waals surface area contributed by atoms with Crippen LogP contribution in [-0.4, -0.2) is 26.1 Å². The quantitative estimate of drug-likeness (QED) is 0.900. The summed E-state index contributed by atoms with van der Waals surface area (Å²) in [5, 5.41) is 17.5. The summed E-state index contributed by atoms with van der Waals surface area (Å²) in [5.74, 6) is -0.388. The van der Waals surface area contributed by atoms with Gasteiger partial charge in [-0.25, -0.2) is 9.48 Å². The second-order valence-corrected chi connectivity index (χ2v) is 5.34. The van der Waals surface area contributed by atoms with E-state index in [2.05, 4.69) is 17.2 Å². The van der Waals surface area contributed by atoms with Gasteiger partial charge in [-0.2, -0.15) is 0 Å². The van der Waals surface area contributed by atoms with Crippen molar-refractivity contribution < 1.29 is 9.90 Å². The molecule has 1 saturated carbocycles. The fraction of sp³-hybridized carbons (Fsp3) is 0.500. The normalized spacial score (nSPS) is 23.6. The van der Waals surface area contributed by atoms with Crippen molar-refractivity contribution in [1.82, 2.24) is 15.0 Å². The molecular formula is C14H17N3O2. The lowest BCUT2D eigenvalue weighted by molar-refractivity contribution is 0.0699. The number of aromatic nitrogens is 3. The van der Waals surface area contributed by atoms with Gasteiger partial charge < -0.3 is 5.11 Å². The van der Waals surface area contributed by atoms with E-state index in [4.69, 9.17) is 0 Å². The van der Waals surface area contributed by atoms with E-state index in [1.807, 2.05) is 10.7 Å². The molecule has 1 aromatic heterocycles. The van der Waals surface area contributed by atoms with Gasteiger partial charge >= 0.3 is 5.97 Å². The standard InChI is InChI=1S/C14H17N3O2/c1-9-5-2-3-7-11(9)17-12-8-4-6-10(14(18)19)13(12)15-16-17/h4,6,8-9,11H,2-3,5,7H2,1H3,(H,18,19). The molecule has 3 rings (SSSR count). The van der Waals surface area contributed by atoms with E-state index in [0.29, 0.717) is 17.5 Å². The molecule has 1 aromatic carbocycles. The fourth-order valence-electron chi connectivity index (χ4n) is 3.04. The minimum absolute atomic E-state index is 0.229. The van der Waals surface area contributed by atoms with Crippen LogP contribution in [0.2, 0.25) is 0 Å². The molecule has 0 spiro atoms. The maximum absolute atomic E-state index is 11.2. The van der Waals surface area contributed by atoms with Gasteiger partial charge in [-0.15, -0.1) is 5.10 Å². The molecule has 0 amide bonds. The van der Waals surface area contributed by atoms with Gasteiger partial charge in [0, 0.05) is 0 Å². The lowest BCUT2D eigenvalue weighted by atomic mass is 9.86. The van der Waals surface area contributed by atoms with Crippen LogP contribution >= 0.6 is 0 Å². The molecule has 2 atom stereocenters.